The molecule has 0 aliphatic carbocycles. The van der Waals surface area contributed by atoms with Crippen LogP contribution in [0, 0.1) is 11.5 Å². The van der Waals surface area contributed by atoms with E-state index in [1.54, 1.807) is 0 Å². The van der Waals surface area contributed by atoms with Gasteiger partial charge in [-0.1, -0.05) is 58.3 Å². The molecule has 0 atom stereocenters. The Morgan fingerprint density at radius 3 is 1.42 bits per heavy atom. The Hall–Kier alpha value is -0.750. The molecule has 1 N–H and O–H groups in total. The maximum absolute atomic E-state index is 6.88. The summed E-state index contributed by atoms with van der Waals surface area (Å²) >= 11 is 0. The standard InChI is InChI=1S/C15H34N.CHNO/c1-5-6-7-8-9-10-11-12-13-14-15-16(2,3)4;2-1-3/h5-15H2,1-4H3;3H/q+1;. The molecular weight excluding hydrogens is 236 g/mol. The van der Waals surface area contributed by atoms with Gasteiger partial charge in [-0.25, -0.2) is 0 Å². The van der Waals surface area contributed by atoms with Gasteiger partial charge in [0.15, 0.2) is 0 Å². The zero-order valence-electron chi connectivity index (χ0n) is 13.6. The molecule has 0 bridgehead atoms. The molecule has 0 rings (SSSR count). The Kier molecular flexibility index (Phi) is 16.6. The van der Waals surface area contributed by atoms with Gasteiger partial charge in [0, 0.05) is 0 Å². The van der Waals surface area contributed by atoms with Crippen molar-refractivity contribution in [2.75, 3.05) is 27.7 Å². The average Bonchev–Trinajstić information content (AvgIpc) is 2.31. The van der Waals surface area contributed by atoms with Crippen molar-refractivity contribution in [2.45, 2.75) is 71.1 Å². The number of nitrogens with zero attached hydrogens (tertiary/aromatic N) is 2. The second-order valence-electron chi connectivity index (χ2n) is 6.30. The van der Waals surface area contributed by atoms with Crippen molar-refractivity contribution >= 4 is 0 Å². The van der Waals surface area contributed by atoms with Crippen LogP contribution in [0.25, 0.3) is 0 Å². The number of hydrogen-bond donors (Lipinski definition) is 1. The highest BCUT2D eigenvalue weighted by atomic mass is 16.2. The largest absolute Gasteiger partial charge is 0.443 e. The SMILES string of the molecule is CCCCCCCCCCCC[N+](C)(C)C.N#CO. The van der Waals surface area contributed by atoms with Gasteiger partial charge >= 0.3 is 0 Å². The lowest BCUT2D eigenvalue weighted by atomic mass is 10.1. The molecule has 3 heteroatoms. The topological polar surface area (TPSA) is 44.0 Å². The predicted octanol–water partition coefficient (Wildman–Crippen LogP) is 4.45. The molecule has 0 amide bonds. The Bertz CT molecular complexity index is 204. The maximum Gasteiger partial charge on any atom is 0.283 e. The number of quaternary nitrogens is 1. The minimum Gasteiger partial charge on any atom is -0.443 e. The molecule has 0 aromatic rings. The Morgan fingerprint density at radius 2 is 1.11 bits per heavy atom. The summed E-state index contributed by atoms with van der Waals surface area (Å²) in [6, 6.07) is 0. The number of unbranched alkanes of at least 4 members (excludes halogenated alkanes) is 9. The second-order valence-corrected chi connectivity index (χ2v) is 6.30. The lowest BCUT2D eigenvalue weighted by molar-refractivity contribution is -0.870. The first-order valence-corrected chi connectivity index (χ1v) is 7.81. The van der Waals surface area contributed by atoms with Gasteiger partial charge in [0.05, 0.1) is 27.7 Å². The van der Waals surface area contributed by atoms with E-state index >= 15 is 0 Å². The van der Waals surface area contributed by atoms with Crippen LogP contribution in [0.4, 0.5) is 0 Å². The van der Waals surface area contributed by atoms with E-state index < -0.39 is 0 Å². The molecule has 0 spiro atoms. The van der Waals surface area contributed by atoms with Crippen molar-refractivity contribution < 1.29 is 9.59 Å². The summed E-state index contributed by atoms with van der Waals surface area (Å²) in [5.41, 5.74) is 0. The van der Waals surface area contributed by atoms with Crippen LogP contribution in [-0.4, -0.2) is 37.3 Å². The predicted molar refractivity (Wildman–Crippen MR) is 82.3 cm³/mol. The first kappa shape index (κ1) is 20.6. The first-order valence-electron chi connectivity index (χ1n) is 7.81. The lowest BCUT2D eigenvalue weighted by Crippen LogP contribution is -2.35. The van der Waals surface area contributed by atoms with Crippen LogP contribution in [0.15, 0.2) is 0 Å². The van der Waals surface area contributed by atoms with Crippen molar-refractivity contribution in [3.8, 4) is 6.26 Å². The Morgan fingerprint density at radius 1 is 0.789 bits per heavy atom. The van der Waals surface area contributed by atoms with E-state index in [1.807, 2.05) is 0 Å². The smallest absolute Gasteiger partial charge is 0.283 e. The van der Waals surface area contributed by atoms with Gasteiger partial charge in [-0.15, -0.1) is 0 Å². The Balaban J connectivity index is 0. The monoisotopic (exact) mass is 271 g/mol. The molecule has 0 saturated carbocycles. The normalized spacial score (nSPS) is 10.5. The summed E-state index contributed by atoms with van der Waals surface area (Å²) < 4.78 is 1.12. The van der Waals surface area contributed by atoms with Gasteiger partial charge in [0.25, 0.3) is 6.26 Å². The molecule has 0 fully saturated rings. The van der Waals surface area contributed by atoms with Gasteiger partial charge in [-0.05, 0) is 12.8 Å². The van der Waals surface area contributed by atoms with E-state index in [-0.39, 0.29) is 0 Å². The molecule has 0 radical (unpaired) electrons. The molecular formula is C16H35N2O+. The molecule has 114 valence electrons. The van der Waals surface area contributed by atoms with Crippen LogP contribution >= 0.6 is 0 Å². The summed E-state index contributed by atoms with van der Waals surface area (Å²) in [5, 5.41) is 13.8. The highest BCUT2D eigenvalue weighted by Crippen LogP contribution is 2.10. The van der Waals surface area contributed by atoms with Crippen LogP contribution in [0.2, 0.25) is 0 Å². The van der Waals surface area contributed by atoms with E-state index in [0.717, 1.165) is 10.7 Å². The fraction of sp³-hybridized carbons (Fsp3) is 0.938. The van der Waals surface area contributed by atoms with Crippen molar-refractivity contribution in [1.29, 1.82) is 5.26 Å². The van der Waals surface area contributed by atoms with Crippen LogP contribution in [0.5, 0.6) is 0 Å². The molecule has 0 aliphatic rings. The molecule has 0 heterocycles. The number of nitriles is 1. The number of hydrogen-bond acceptors (Lipinski definition) is 2. The van der Waals surface area contributed by atoms with Crippen LogP contribution < -0.4 is 0 Å². The third-order valence-electron chi connectivity index (χ3n) is 3.18. The van der Waals surface area contributed by atoms with Crippen molar-refractivity contribution in [3.05, 3.63) is 0 Å². The zero-order valence-corrected chi connectivity index (χ0v) is 13.6. The van der Waals surface area contributed by atoms with E-state index in [1.165, 1.54) is 70.8 Å². The van der Waals surface area contributed by atoms with Gasteiger partial charge in [-0.3, -0.25) is 0 Å². The first-order chi connectivity index (χ1) is 8.97. The molecule has 0 aliphatic heterocycles. The summed E-state index contributed by atoms with van der Waals surface area (Å²) in [4.78, 5) is 0. The molecule has 19 heavy (non-hydrogen) atoms. The van der Waals surface area contributed by atoms with Gasteiger partial charge in [0.2, 0.25) is 0 Å². The molecule has 0 aromatic heterocycles. The lowest BCUT2D eigenvalue weighted by Gasteiger charge is -2.23. The molecule has 0 unspecified atom stereocenters. The van der Waals surface area contributed by atoms with Crippen LogP contribution in [-0.2, 0) is 0 Å². The molecule has 0 saturated heterocycles. The van der Waals surface area contributed by atoms with E-state index in [4.69, 9.17) is 10.4 Å². The summed E-state index contributed by atoms with van der Waals surface area (Å²) in [6.45, 7) is 3.62. The highest BCUT2D eigenvalue weighted by Gasteiger charge is 2.04. The maximum atomic E-state index is 6.88. The fourth-order valence-electron chi connectivity index (χ4n) is 2.07. The van der Waals surface area contributed by atoms with E-state index in [2.05, 4.69) is 28.1 Å². The van der Waals surface area contributed by atoms with E-state index in [0.29, 0.717) is 0 Å². The highest BCUT2D eigenvalue weighted by molar-refractivity contribution is 4.47. The van der Waals surface area contributed by atoms with Crippen LogP contribution in [0.3, 0.4) is 0 Å². The van der Waals surface area contributed by atoms with Crippen molar-refractivity contribution in [2.24, 2.45) is 0 Å². The summed E-state index contributed by atoms with van der Waals surface area (Å²) in [5.74, 6) is 0. The minimum atomic E-state index is 0.750. The van der Waals surface area contributed by atoms with Crippen molar-refractivity contribution in [3.63, 3.8) is 0 Å². The van der Waals surface area contributed by atoms with E-state index in [9.17, 15) is 0 Å². The minimum absolute atomic E-state index is 0.750. The quantitative estimate of drug-likeness (QED) is 0.343. The number of aliphatic hydroxyl groups excluding tert-OH is 1. The Labute approximate surface area is 120 Å². The third kappa shape index (κ3) is 26.7. The molecule has 3 nitrogen and oxygen atoms in total. The number of aliphatic hydroxyl groups is 1. The number of rotatable bonds is 11. The zero-order chi connectivity index (χ0) is 15.0. The second kappa shape index (κ2) is 15.3. The fourth-order valence-corrected chi connectivity index (χ4v) is 2.07. The van der Waals surface area contributed by atoms with Crippen LogP contribution in [0.1, 0.15) is 71.1 Å². The summed E-state index contributed by atoms with van der Waals surface area (Å²) in [7, 11) is 6.86. The van der Waals surface area contributed by atoms with Gasteiger partial charge in [0.1, 0.15) is 0 Å². The summed E-state index contributed by atoms with van der Waals surface area (Å²) in [6.07, 6.45) is 15.2. The van der Waals surface area contributed by atoms with Crippen molar-refractivity contribution in [1.82, 2.24) is 0 Å². The third-order valence-corrected chi connectivity index (χ3v) is 3.18. The van der Waals surface area contributed by atoms with Gasteiger partial charge < -0.3 is 9.59 Å². The molecule has 0 aromatic carbocycles. The average molecular weight is 271 g/mol. The van der Waals surface area contributed by atoms with Gasteiger partial charge in [-0.2, -0.15) is 5.26 Å².